The Morgan fingerprint density at radius 3 is 2.88 bits per heavy atom. The van der Waals surface area contributed by atoms with E-state index < -0.39 is 0 Å². The minimum Gasteiger partial charge on any atom is -0.311 e. The van der Waals surface area contributed by atoms with Crippen LogP contribution in [0.4, 0.5) is 5.69 Å². The fraction of sp³-hybridized carbons (Fsp3) is 0.429. The molecule has 0 atom stereocenters. The van der Waals surface area contributed by atoms with Gasteiger partial charge in [0.05, 0.1) is 5.69 Å². The molecule has 0 N–H and O–H groups in total. The largest absolute Gasteiger partial charge is 0.311 e. The summed E-state index contributed by atoms with van der Waals surface area (Å²) in [5, 5.41) is 0. The average Bonchev–Trinajstić information content (AvgIpc) is 2.30. The van der Waals surface area contributed by atoms with E-state index in [0.29, 0.717) is 24.9 Å². The molecule has 90 valence electrons. The zero-order valence-corrected chi connectivity index (χ0v) is 10.3. The number of ketones is 1. The molecule has 0 saturated heterocycles. The van der Waals surface area contributed by atoms with Gasteiger partial charge in [-0.3, -0.25) is 9.59 Å². The van der Waals surface area contributed by atoms with Crippen LogP contribution in [-0.2, 0) is 4.79 Å². The second kappa shape index (κ2) is 4.70. The van der Waals surface area contributed by atoms with E-state index in [4.69, 9.17) is 0 Å². The van der Waals surface area contributed by atoms with Crippen molar-refractivity contribution in [2.45, 2.75) is 33.1 Å². The molecule has 1 aromatic carbocycles. The van der Waals surface area contributed by atoms with Crippen molar-refractivity contribution < 1.29 is 9.59 Å². The SMILES string of the molecule is CCCC(=O)N1CCC(=O)c2cc(C)ccc21. The number of nitrogens with zero attached hydrogens (tertiary/aromatic N) is 1. The van der Waals surface area contributed by atoms with Gasteiger partial charge in [0.25, 0.3) is 0 Å². The van der Waals surface area contributed by atoms with E-state index in [1.54, 1.807) is 4.90 Å². The van der Waals surface area contributed by atoms with Crippen molar-refractivity contribution in [1.29, 1.82) is 0 Å². The van der Waals surface area contributed by atoms with Gasteiger partial charge >= 0.3 is 0 Å². The third-order valence-corrected chi connectivity index (χ3v) is 3.07. The molecule has 0 radical (unpaired) electrons. The molecule has 0 unspecified atom stereocenters. The van der Waals surface area contributed by atoms with Crippen LogP contribution in [0.25, 0.3) is 0 Å². The third kappa shape index (κ3) is 2.23. The van der Waals surface area contributed by atoms with E-state index in [1.165, 1.54) is 0 Å². The second-order valence-corrected chi connectivity index (χ2v) is 4.49. The predicted octanol–water partition coefficient (Wildman–Crippen LogP) is 2.71. The van der Waals surface area contributed by atoms with E-state index in [0.717, 1.165) is 17.7 Å². The molecule has 1 aromatic rings. The summed E-state index contributed by atoms with van der Waals surface area (Å²) in [6, 6.07) is 5.71. The first-order valence-corrected chi connectivity index (χ1v) is 6.07. The standard InChI is InChI=1S/C14H17NO2/c1-3-4-14(17)15-8-7-13(16)11-9-10(2)5-6-12(11)15/h5-6,9H,3-4,7-8H2,1-2H3. The monoisotopic (exact) mass is 231 g/mol. The molecule has 1 heterocycles. The molecule has 0 aromatic heterocycles. The van der Waals surface area contributed by atoms with E-state index in [2.05, 4.69) is 0 Å². The molecule has 1 aliphatic heterocycles. The number of benzene rings is 1. The average molecular weight is 231 g/mol. The highest BCUT2D eigenvalue weighted by Crippen LogP contribution is 2.28. The summed E-state index contributed by atoms with van der Waals surface area (Å²) in [5.74, 6) is 0.259. The molecular weight excluding hydrogens is 214 g/mol. The van der Waals surface area contributed by atoms with Crippen molar-refractivity contribution in [3.63, 3.8) is 0 Å². The Bertz CT molecular complexity index is 465. The molecule has 0 saturated carbocycles. The van der Waals surface area contributed by atoms with Crippen LogP contribution < -0.4 is 4.90 Å². The molecular formula is C14H17NO2. The van der Waals surface area contributed by atoms with Gasteiger partial charge in [0.15, 0.2) is 5.78 Å². The number of rotatable bonds is 2. The van der Waals surface area contributed by atoms with E-state index in [1.807, 2.05) is 32.0 Å². The van der Waals surface area contributed by atoms with Gasteiger partial charge in [-0.05, 0) is 25.5 Å². The minimum atomic E-state index is 0.116. The smallest absolute Gasteiger partial charge is 0.226 e. The number of Topliss-reactive ketones (excluding diaryl/α,β-unsaturated/α-hetero) is 1. The van der Waals surface area contributed by atoms with Gasteiger partial charge in [0, 0.05) is 24.9 Å². The number of carbonyl (C=O) groups is 2. The second-order valence-electron chi connectivity index (χ2n) is 4.49. The Morgan fingerprint density at radius 2 is 2.18 bits per heavy atom. The first kappa shape index (κ1) is 11.8. The fourth-order valence-corrected chi connectivity index (χ4v) is 2.18. The van der Waals surface area contributed by atoms with Gasteiger partial charge in [-0.2, -0.15) is 0 Å². The Hall–Kier alpha value is -1.64. The molecule has 2 rings (SSSR count). The van der Waals surface area contributed by atoms with Gasteiger partial charge < -0.3 is 4.90 Å². The first-order valence-electron chi connectivity index (χ1n) is 6.07. The molecule has 0 aliphatic carbocycles. The topological polar surface area (TPSA) is 37.4 Å². The number of hydrogen-bond donors (Lipinski definition) is 0. The summed E-state index contributed by atoms with van der Waals surface area (Å²) in [4.78, 5) is 25.5. The number of hydrogen-bond acceptors (Lipinski definition) is 2. The highest BCUT2D eigenvalue weighted by molar-refractivity contribution is 6.08. The summed E-state index contributed by atoms with van der Waals surface area (Å²) in [6.07, 6.45) is 1.82. The van der Waals surface area contributed by atoms with Gasteiger partial charge in [0.2, 0.25) is 5.91 Å². The van der Waals surface area contributed by atoms with E-state index in [9.17, 15) is 9.59 Å². The fourth-order valence-electron chi connectivity index (χ4n) is 2.18. The summed E-state index contributed by atoms with van der Waals surface area (Å²) in [7, 11) is 0. The van der Waals surface area contributed by atoms with Gasteiger partial charge in [-0.25, -0.2) is 0 Å². The Morgan fingerprint density at radius 1 is 1.41 bits per heavy atom. The van der Waals surface area contributed by atoms with Gasteiger partial charge in [0.1, 0.15) is 0 Å². The van der Waals surface area contributed by atoms with E-state index >= 15 is 0 Å². The summed E-state index contributed by atoms with van der Waals surface area (Å²) < 4.78 is 0. The molecule has 3 heteroatoms. The van der Waals surface area contributed by atoms with Crippen LogP contribution in [0.5, 0.6) is 0 Å². The Balaban J connectivity index is 2.39. The van der Waals surface area contributed by atoms with Crippen molar-refractivity contribution >= 4 is 17.4 Å². The maximum atomic E-state index is 12.0. The molecule has 1 amide bonds. The quantitative estimate of drug-likeness (QED) is 0.784. The van der Waals surface area contributed by atoms with Crippen LogP contribution in [0, 0.1) is 6.92 Å². The van der Waals surface area contributed by atoms with Crippen molar-refractivity contribution in [2.24, 2.45) is 0 Å². The normalized spacial score (nSPS) is 14.7. The van der Waals surface area contributed by atoms with E-state index in [-0.39, 0.29) is 11.7 Å². The lowest BCUT2D eigenvalue weighted by Crippen LogP contribution is -2.37. The third-order valence-electron chi connectivity index (χ3n) is 3.07. The lowest BCUT2D eigenvalue weighted by atomic mass is 9.98. The molecule has 0 bridgehead atoms. The molecule has 0 spiro atoms. The van der Waals surface area contributed by atoms with Crippen LogP contribution in [0.2, 0.25) is 0 Å². The van der Waals surface area contributed by atoms with Crippen LogP contribution >= 0.6 is 0 Å². The van der Waals surface area contributed by atoms with Crippen molar-refractivity contribution in [3.8, 4) is 0 Å². The maximum Gasteiger partial charge on any atom is 0.226 e. The summed E-state index contributed by atoms with van der Waals surface area (Å²) >= 11 is 0. The van der Waals surface area contributed by atoms with Gasteiger partial charge in [-0.1, -0.05) is 18.6 Å². The zero-order chi connectivity index (χ0) is 12.4. The van der Waals surface area contributed by atoms with Crippen LogP contribution in [0.15, 0.2) is 18.2 Å². The minimum absolute atomic E-state index is 0.116. The number of aryl methyl sites for hydroxylation is 1. The van der Waals surface area contributed by atoms with Crippen molar-refractivity contribution in [1.82, 2.24) is 0 Å². The van der Waals surface area contributed by atoms with Crippen molar-refractivity contribution in [3.05, 3.63) is 29.3 Å². The number of carbonyl (C=O) groups excluding carboxylic acids is 2. The number of amides is 1. The molecule has 0 fully saturated rings. The predicted molar refractivity (Wildman–Crippen MR) is 67.4 cm³/mol. The molecule has 3 nitrogen and oxygen atoms in total. The lowest BCUT2D eigenvalue weighted by Gasteiger charge is -2.29. The highest BCUT2D eigenvalue weighted by atomic mass is 16.2. The van der Waals surface area contributed by atoms with Crippen LogP contribution in [0.1, 0.15) is 42.1 Å². The molecule has 17 heavy (non-hydrogen) atoms. The summed E-state index contributed by atoms with van der Waals surface area (Å²) in [6.45, 7) is 4.47. The maximum absolute atomic E-state index is 12.0. The van der Waals surface area contributed by atoms with Gasteiger partial charge in [-0.15, -0.1) is 0 Å². The van der Waals surface area contributed by atoms with Crippen LogP contribution in [-0.4, -0.2) is 18.2 Å². The zero-order valence-electron chi connectivity index (χ0n) is 10.3. The lowest BCUT2D eigenvalue weighted by molar-refractivity contribution is -0.118. The Labute approximate surface area is 101 Å². The first-order chi connectivity index (χ1) is 8.13. The number of anilines is 1. The molecule has 1 aliphatic rings. The summed E-state index contributed by atoms with van der Waals surface area (Å²) in [5.41, 5.74) is 2.54. The van der Waals surface area contributed by atoms with Crippen LogP contribution in [0.3, 0.4) is 0 Å². The number of fused-ring (bicyclic) bond motifs is 1. The Kier molecular flexibility index (Phi) is 3.27. The highest BCUT2D eigenvalue weighted by Gasteiger charge is 2.26. The van der Waals surface area contributed by atoms with Crippen molar-refractivity contribution in [2.75, 3.05) is 11.4 Å².